The number of allylic oxidation sites excluding steroid dienone is 1. The second-order valence-corrected chi connectivity index (χ2v) is 9.54. The molecule has 2 heterocycles. The van der Waals surface area contributed by atoms with E-state index in [1.807, 2.05) is 58.0 Å². The summed E-state index contributed by atoms with van der Waals surface area (Å²) in [5.74, 6) is 0.500. The van der Waals surface area contributed by atoms with Crippen LogP contribution in [0, 0.1) is 13.8 Å². The number of ether oxygens (including phenoxy) is 1. The van der Waals surface area contributed by atoms with Crippen LogP contribution in [0.3, 0.4) is 0 Å². The monoisotopic (exact) mass is 482 g/mol. The van der Waals surface area contributed by atoms with E-state index >= 15 is 0 Å². The summed E-state index contributed by atoms with van der Waals surface area (Å²) < 4.78 is 13.0. The summed E-state index contributed by atoms with van der Waals surface area (Å²) in [6, 6.07) is 18.3. The van der Waals surface area contributed by atoms with Crippen LogP contribution in [0.15, 0.2) is 71.4 Å². The maximum absolute atomic E-state index is 12.9. The van der Waals surface area contributed by atoms with Crippen LogP contribution in [-0.4, -0.2) is 17.5 Å². The van der Waals surface area contributed by atoms with Gasteiger partial charge in [-0.05, 0) is 62.6 Å². The highest BCUT2D eigenvalue weighted by atomic mass is 32.1. The summed E-state index contributed by atoms with van der Waals surface area (Å²) in [4.78, 5) is 17.5. The molecule has 5 rings (SSSR count). The maximum Gasteiger partial charge on any atom is 0.250 e. The third kappa shape index (κ3) is 4.45. The van der Waals surface area contributed by atoms with E-state index in [1.54, 1.807) is 12.3 Å². The number of nitrogens with one attached hydrogen (secondary N) is 1. The van der Waals surface area contributed by atoms with Crippen LogP contribution < -0.4 is 10.1 Å². The molecule has 0 saturated carbocycles. The normalized spacial score (nSPS) is 11.8. The van der Waals surface area contributed by atoms with Crippen LogP contribution in [0.5, 0.6) is 5.75 Å². The van der Waals surface area contributed by atoms with Gasteiger partial charge >= 0.3 is 0 Å². The molecule has 0 aliphatic carbocycles. The van der Waals surface area contributed by atoms with E-state index in [-0.39, 0.29) is 5.91 Å². The van der Waals surface area contributed by atoms with Crippen LogP contribution in [0.4, 0.5) is 5.13 Å². The molecule has 0 bridgehead atoms. The topological polar surface area (TPSA) is 64.4 Å². The molecule has 0 aliphatic rings. The average molecular weight is 483 g/mol. The molecule has 35 heavy (non-hydrogen) atoms. The zero-order chi connectivity index (χ0) is 24.5. The van der Waals surface area contributed by atoms with Gasteiger partial charge in [0, 0.05) is 28.2 Å². The van der Waals surface area contributed by atoms with Crippen molar-refractivity contribution in [2.45, 2.75) is 27.7 Å². The average Bonchev–Trinajstić information content (AvgIpc) is 3.44. The second-order valence-electron chi connectivity index (χ2n) is 8.51. The van der Waals surface area contributed by atoms with Crippen LogP contribution >= 0.6 is 11.3 Å². The summed E-state index contributed by atoms with van der Waals surface area (Å²) in [6.07, 6.45) is 3.38. The van der Waals surface area contributed by atoms with Crippen molar-refractivity contribution >= 4 is 49.1 Å². The number of furan rings is 1. The number of carbonyl (C=O) groups excluding carboxylic acids is 1. The second kappa shape index (κ2) is 9.39. The quantitative estimate of drug-likeness (QED) is 0.251. The van der Waals surface area contributed by atoms with Gasteiger partial charge in [0.1, 0.15) is 11.3 Å². The predicted molar refractivity (Wildman–Crippen MR) is 144 cm³/mol. The molecule has 176 valence electrons. The van der Waals surface area contributed by atoms with Crippen molar-refractivity contribution in [3.05, 3.63) is 83.6 Å². The number of hydrogen-bond donors (Lipinski definition) is 1. The first-order valence-corrected chi connectivity index (χ1v) is 12.4. The lowest BCUT2D eigenvalue weighted by molar-refractivity contribution is -0.111. The molecular weight excluding hydrogens is 456 g/mol. The molecule has 0 spiro atoms. The van der Waals surface area contributed by atoms with Crippen LogP contribution in [0.1, 0.15) is 30.5 Å². The van der Waals surface area contributed by atoms with E-state index in [1.165, 1.54) is 11.3 Å². The van der Waals surface area contributed by atoms with Crippen LogP contribution in [0.2, 0.25) is 0 Å². The van der Waals surface area contributed by atoms with Crippen molar-refractivity contribution < 1.29 is 13.9 Å². The fourth-order valence-electron chi connectivity index (χ4n) is 4.28. The Labute approximate surface area is 208 Å². The molecule has 6 heteroatoms. The Hall–Kier alpha value is -3.90. The first-order valence-electron chi connectivity index (χ1n) is 11.5. The predicted octanol–water partition coefficient (Wildman–Crippen LogP) is 7.77. The third-order valence-electron chi connectivity index (χ3n) is 5.96. The van der Waals surface area contributed by atoms with Gasteiger partial charge in [-0.1, -0.05) is 47.7 Å². The molecule has 0 aliphatic heterocycles. The minimum Gasteiger partial charge on any atom is -0.493 e. The van der Waals surface area contributed by atoms with Crippen molar-refractivity contribution in [2.75, 3.05) is 11.9 Å². The van der Waals surface area contributed by atoms with Gasteiger partial charge in [-0.15, -0.1) is 0 Å². The lowest BCUT2D eigenvalue weighted by Crippen LogP contribution is -2.08. The number of thiazole rings is 1. The van der Waals surface area contributed by atoms with E-state index in [0.717, 1.165) is 60.3 Å². The fraction of sp³-hybridized carbons (Fsp3) is 0.172. The van der Waals surface area contributed by atoms with E-state index in [9.17, 15) is 4.79 Å². The molecule has 0 radical (unpaired) electrons. The van der Waals surface area contributed by atoms with Gasteiger partial charge in [-0.2, -0.15) is 0 Å². The fourth-order valence-corrected chi connectivity index (χ4v) is 5.25. The minimum absolute atomic E-state index is 0.228. The SMILES string of the molecule is CCOc1c(/C(C)=C/C(=O)Nc2nc3ccc(C)cc3s2)cc2c(-c3ccccc3)coc2c1C. The summed E-state index contributed by atoms with van der Waals surface area (Å²) in [5, 5.41) is 4.49. The number of amides is 1. The van der Waals surface area contributed by atoms with Gasteiger partial charge in [0.05, 0.1) is 23.1 Å². The molecule has 1 amide bonds. The molecule has 0 unspecified atom stereocenters. The summed E-state index contributed by atoms with van der Waals surface area (Å²) in [6.45, 7) is 8.42. The first kappa shape index (κ1) is 22.9. The lowest BCUT2D eigenvalue weighted by atomic mass is 9.96. The lowest BCUT2D eigenvalue weighted by Gasteiger charge is -2.15. The largest absolute Gasteiger partial charge is 0.493 e. The molecule has 3 aromatic carbocycles. The van der Waals surface area contributed by atoms with Gasteiger partial charge in [0.25, 0.3) is 0 Å². The zero-order valence-corrected chi connectivity index (χ0v) is 21.0. The highest BCUT2D eigenvalue weighted by Crippen LogP contribution is 2.40. The summed E-state index contributed by atoms with van der Waals surface area (Å²) in [5.41, 5.74) is 7.50. The Morgan fingerprint density at radius 3 is 2.71 bits per heavy atom. The molecule has 0 saturated heterocycles. The number of anilines is 1. The minimum atomic E-state index is -0.228. The Balaban J connectivity index is 1.53. The molecule has 5 nitrogen and oxygen atoms in total. The highest BCUT2D eigenvalue weighted by molar-refractivity contribution is 7.22. The molecule has 0 atom stereocenters. The van der Waals surface area contributed by atoms with Gasteiger partial charge in [-0.3, -0.25) is 10.1 Å². The van der Waals surface area contributed by atoms with Crippen LogP contribution in [-0.2, 0) is 4.79 Å². The number of aryl methyl sites for hydroxylation is 2. The van der Waals surface area contributed by atoms with Crippen molar-refractivity contribution in [1.82, 2.24) is 4.98 Å². The molecule has 0 fully saturated rings. The van der Waals surface area contributed by atoms with Crippen LogP contribution in [0.25, 0.3) is 37.9 Å². The van der Waals surface area contributed by atoms with E-state index in [2.05, 4.69) is 34.6 Å². The number of carbonyl (C=O) groups is 1. The molecular formula is C29H26N2O3S. The Morgan fingerprint density at radius 1 is 1.14 bits per heavy atom. The van der Waals surface area contributed by atoms with Crippen molar-refractivity contribution in [3.8, 4) is 16.9 Å². The van der Waals surface area contributed by atoms with Gasteiger partial charge in [0.15, 0.2) is 5.13 Å². The number of hydrogen-bond acceptors (Lipinski definition) is 5. The molecule has 1 N–H and O–H groups in total. The Morgan fingerprint density at radius 2 is 1.94 bits per heavy atom. The zero-order valence-electron chi connectivity index (χ0n) is 20.1. The Bertz CT molecular complexity index is 1580. The van der Waals surface area contributed by atoms with Gasteiger partial charge in [-0.25, -0.2) is 4.98 Å². The number of fused-ring (bicyclic) bond motifs is 2. The van der Waals surface area contributed by atoms with E-state index in [0.29, 0.717) is 11.7 Å². The standard InChI is InChI=1S/C29H26N2O3S/c1-5-33-27-19(4)28-22(23(16-34-28)20-9-7-6-8-10-20)15-21(27)18(3)14-26(32)31-29-30-24-12-11-17(2)13-25(24)35-29/h6-16H,5H2,1-4H3,(H,30,31,32)/b18-14+. The van der Waals surface area contributed by atoms with Crippen molar-refractivity contribution in [3.63, 3.8) is 0 Å². The number of benzene rings is 3. The third-order valence-corrected chi connectivity index (χ3v) is 6.90. The van der Waals surface area contributed by atoms with E-state index in [4.69, 9.17) is 9.15 Å². The highest BCUT2D eigenvalue weighted by Gasteiger charge is 2.19. The maximum atomic E-state index is 12.9. The molecule has 5 aromatic rings. The number of aromatic nitrogens is 1. The van der Waals surface area contributed by atoms with E-state index < -0.39 is 0 Å². The first-order chi connectivity index (χ1) is 16.9. The van der Waals surface area contributed by atoms with Gasteiger partial charge in [0.2, 0.25) is 5.91 Å². The summed E-state index contributed by atoms with van der Waals surface area (Å²) >= 11 is 1.47. The summed E-state index contributed by atoms with van der Waals surface area (Å²) in [7, 11) is 0. The smallest absolute Gasteiger partial charge is 0.250 e. The van der Waals surface area contributed by atoms with Gasteiger partial charge < -0.3 is 9.15 Å². The van der Waals surface area contributed by atoms with Crippen molar-refractivity contribution in [1.29, 1.82) is 0 Å². The Kier molecular flexibility index (Phi) is 6.14. The van der Waals surface area contributed by atoms with Crippen molar-refractivity contribution in [2.24, 2.45) is 0 Å². The number of nitrogens with zero attached hydrogens (tertiary/aromatic N) is 1. The molecule has 2 aromatic heterocycles. The number of rotatable bonds is 6.